The lowest BCUT2D eigenvalue weighted by molar-refractivity contribution is -0.122. The molecule has 0 radical (unpaired) electrons. The summed E-state index contributed by atoms with van der Waals surface area (Å²) in [6.45, 7) is 0. The van der Waals surface area contributed by atoms with Gasteiger partial charge in [-0.2, -0.15) is 11.8 Å². The number of carbonyl (C=O) groups is 1. The van der Waals surface area contributed by atoms with Crippen molar-refractivity contribution >= 4 is 33.5 Å². The molecule has 3 rings (SSSR count). The highest BCUT2D eigenvalue weighted by atomic mass is 32.2. The summed E-state index contributed by atoms with van der Waals surface area (Å²) in [7, 11) is -3.58. The number of thioether (sulfide) groups is 1. The molecule has 1 aliphatic carbocycles. The zero-order valence-electron chi connectivity index (χ0n) is 12.8. The van der Waals surface area contributed by atoms with Gasteiger partial charge in [0.25, 0.3) is 10.0 Å². The molecule has 1 aromatic carbocycles. The number of amides is 1. The average Bonchev–Trinajstić information content (AvgIpc) is 3.29. The van der Waals surface area contributed by atoms with E-state index in [0.29, 0.717) is 12.0 Å². The molecule has 1 amide bonds. The van der Waals surface area contributed by atoms with E-state index < -0.39 is 16.1 Å². The van der Waals surface area contributed by atoms with Crippen LogP contribution in [0.2, 0.25) is 0 Å². The zero-order valence-corrected chi connectivity index (χ0v) is 14.4. The SMILES string of the molecule is CSCCC(N=C1NS(=O)(=O)c2ccccc21)C(=O)NC1CC1. The van der Waals surface area contributed by atoms with Gasteiger partial charge in [0.15, 0.2) is 0 Å². The first-order valence-electron chi connectivity index (χ1n) is 7.50. The molecule has 2 N–H and O–H groups in total. The summed E-state index contributed by atoms with van der Waals surface area (Å²) in [5.41, 5.74) is 0.529. The van der Waals surface area contributed by atoms with Crippen LogP contribution in [0.3, 0.4) is 0 Å². The zero-order chi connectivity index (χ0) is 16.4. The highest BCUT2D eigenvalue weighted by Crippen LogP contribution is 2.24. The van der Waals surface area contributed by atoms with Crippen molar-refractivity contribution in [2.45, 2.75) is 36.2 Å². The third kappa shape index (κ3) is 3.69. The number of nitrogens with zero attached hydrogens (tertiary/aromatic N) is 1. The molecular weight excluding hydrogens is 334 g/mol. The van der Waals surface area contributed by atoms with Gasteiger partial charge in [-0.1, -0.05) is 12.1 Å². The number of aliphatic imine (C=N–C) groups is 1. The predicted molar refractivity (Wildman–Crippen MR) is 91.3 cm³/mol. The fraction of sp³-hybridized carbons (Fsp3) is 0.467. The lowest BCUT2D eigenvalue weighted by atomic mass is 10.2. The van der Waals surface area contributed by atoms with Crippen molar-refractivity contribution < 1.29 is 13.2 Å². The second-order valence-corrected chi connectivity index (χ2v) is 8.30. The van der Waals surface area contributed by atoms with Crippen molar-refractivity contribution in [2.24, 2.45) is 4.99 Å². The molecule has 23 heavy (non-hydrogen) atoms. The summed E-state index contributed by atoms with van der Waals surface area (Å²) < 4.78 is 26.7. The van der Waals surface area contributed by atoms with Crippen LogP contribution in [0.5, 0.6) is 0 Å². The molecular formula is C15H19N3O3S2. The predicted octanol–water partition coefficient (Wildman–Crippen LogP) is 1.13. The van der Waals surface area contributed by atoms with E-state index in [4.69, 9.17) is 0 Å². The van der Waals surface area contributed by atoms with Gasteiger partial charge in [0, 0.05) is 11.6 Å². The molecule has 0 saturated heterocycles. The quantitative estimate of drug-likeness (QED) is 0.802. The minimum Gasteiger partial charge on any atom is -0.352 e. The van der Waals surface area contributed by atoms with Gasteiger partial charge in [-0.15, -0.1) is 0 Å². The number of benzene rings is 1. The average molecular weight is 353 g/mol. The van der Waals surface area contributed by atoms with Crippen LogP contribution in [0.15, 0.2) is 34.2 Å². The van der Waals surface area contributed by atoms with Gasteiger partial charge in [-0.25, -0.2) is 8.42 Å². The Labute approximate surface area is 140 Å². The Balaban J connectivity index is 1.88. The van der Waals surface area contributed by atoms with Gasteiger partial charge >= 0.3 is 0 Å². The fourth-order valence-electron chi connectivity index (χ4n) is 2.39. The lowest BCUT2D eigenvalue weighted by Crippen LogP contribution is -2.37. The van der Waals surface area contributed by atoms with E-state index in [1.165, 1.54) is 0 Å². The van der Waals surface area contributed by atoms with E-state index in [2.05, 4.69) is 15.0 Å². The van der Waals surface area contributed by atoms with Crippen molar-refractivity contribution in [1.29, 1.82) is 0 Å². The van der Waals surface area contributed by atoms with E-state index in [1.54, 1.807) is 36.0 Å². The maximum absolute atomic E-state index is 12.4. The van der Waals surface area contributed by atoms with Crippen molar-refractivity contribution in [3.05, 3.63) is 29.8 Å². The van der Waals surface area contributed by atoms with Crippen LogP contribution in [0.25, 0.3) is 0 Å². The Hall–Kier alpha value is -1.54. The van der Waals surface area contributed by atoms with Crippen molar-refractivity contribution in [2.75, 3.05) is 12.0 Å². The molecule has 1 atom stereocenters. The molecule has 1 aliphatic heterocycles. The third-order valence-corrected chi connectivity index (χ3v) is 5.81. The molecule has 1 unspecified atom stereocenters. The smallest absolute Gasteiger partial charge is 0.263 e. The molecule has 0 bridgehead atoms. The summed E-state index contributed by atoms with van der Waals surface area (Å²) in [6.07, 6.45) is 4.56. The molecule has 124 valence electrons. The second-order valence-electron chi connectivity index (χ2n) is 5.66. The van der Waals surface area contributed by atoms with Gasteiger partial charge in [0.1, 0.15) is 11.9 Å². The first-order valence-corrected chi connectivity index (χ1v) is 10.4. The monoisotopic (exact) mass is 353 g/mol. The number of amidine groups is 1. The summed E-state index contributed by atoms with van der Waals surface area (Å²) in [5, 5.41) is 2.95. The Morgan fingerprint density at radius 3 is 2.87 bits per heavy atom. The summed E-state index contributed by atoms with van der Waals surface area (Å²) in [6, 6.07) is 6.36. The van der Waals surface area contributed by atoms with Gasteiger partial charge in [0.05, 0.1) is 4.90 Å². The number of rotatable bonds is 6. The van der Waals surface area contributed by atoms with Gasteiger partial charge in [-0.3, -0.25) is 14.5 Å². The van der Waals surface area contributed by atoms with Crippen LogP contribution < -0.4 is 10.0 Å². The maximum atomic E-state index is 12.4. The van der Waals surface area contributed by atoms with Gasteiger partial charge < -0.3 is 5.32 Å². The lowest BCUT2D eigenvalue weighted by Gasteiger charge is -2.13. The minimum atomic E-state index is -3.58. The van der Waals surface area contributed by atoms with Crippen LogP contribution in [0.1, 0.15) is 24.8 Å². The number of fused-ring (bicyclic) bond motifs is 1. The summed E-state index contributed by atoms with van der Waals surface area (Å²) in [5.74, 6) is 0.920. The largest absolute Gasteiger partial charge is 0.352 e. The number of hydrogen-bond acceptors (Lipinski definition) is 5. The topological polar surface area (TPSA) is 87.6 Å². The second kappa shape index (κ2) is 6.52. The Morgan fingerprint density at radius 2 is 2.17 bits per heavy atom. The van der Waals surface area contributed by atoms with Crippen LogP contribution >= 0.6 is 11.8 Å². The van der Waals surface area contributed by atoms with E-state index in [1.807, 2.05) is 6.26 Å². The van der Waals surface area contributed by atoms with Gasteiger partial charge in [-0.05, 0) is 43.4 Å². The molecule has 0 aromatic heterocycles. The van der Waals surface area contributed by atoms with Crippen LogP contribution in [0.4, 0.5) is 0 Å². The van der Waals surface area contributed by atoms with Crippen molar-refractivity contribution in [3.63, 3.8) is 0 Å². The Bertz CT molecular complexity index is 742. The standard InChI is InChI=1S/C15H19N3O3S2/c1-22-9-8-12(15(19)16-10-6-7-10)17-14-11-4-2-3-5-13(11)23(20,21)18-14/h2-5,10,12H,6-9H2,1H3,(H,16,19)(H,17,18). The minimum absolute atomic E-state index is 0.127. The molecule has 0 spiro atoms. The van der Waals surface area contributed by atoms with Gasteiger partial charge in [0.2, 0.25) is 5.91 Å². The van der Waals surface area contributed by atoms with Crippen LogP contribution in [0, 0.1) is 0 Å². The summed E-state index contributed by atoms with van der Waals surface area (Å²) >= 11 is 1.64. The molecule has 1 heterocycles. The number of carbonyl (C=O) groups excluding carboxylic acids is 1. The number of sulfonamides is 1. The van der Waals surface area contributed by atoms with E-state index in [0.717, 1.165) is 18.6 Å². The first kappa shape index (κ1) is 16.3. The number of hydrogen-bond donors (Lipinski definition) is 2. The molecule has 2 aliphatic rings. The molecule has 1 aromatic rings. The Kier molecular flexibility index (Phi) is 4.63. The highest BCUT2D eigenvalue weighted by molar-refractivity contribution is 7.98. The van der Waals surface area contributed by atoms with Crippen molar-refractivity contribution in [1.82, 2.24) is 10.0 Å². The first-order chi connectivity index (χ1) is 11.0. The van der Waals surface area contributed by atoms with E-state index in [9.17, 15) is 13.2 Å². The highest BCUT2D eigenvalue weighted by Gasteiger charge is 2.32. The molecule has 6 nitrogen and oxygen atoms in total. The van der Waals surface area contributed by atoms with E-state index >= 15 is 0 Å². The maximum Gasteiger partial charge on any atom is 0.263 e. The van der Waals surface area contributed by atoms with Crippen molar-refractivity contribution in [3.8, 4) is 0 Å². The Morgan fingerprint density at radius 1 is 1.43 bits per heavy atom. The van der Waals surface area contributed by atoms with Crippen LogP contribution in [-0.4, -0.2) is 44.3 Å². The summed E-state index contributed by atoms with van der Waals surface area (Å²) in [4.78, 5) is 17.0. The molecule has 1 fully saturated rings. The fourth-order valence-corrected chi connectivity index (χ4v) is 4.09. The molecule has 8 heteroatoms. The van der Waals surface area contributed by atoms with Crippen LogP contribution in [-0.2, 0) is 14.8 Å². The molecule has 1 saturated carbocycles. The number of nitrogens with one attached hydrogen (secondary N) is 2. The van der Waals surface area contributed by atoms with E-state index in [-0.39, 0.29) is 22.7 Å². The normalized spacial score (nSPS) is 21.5. The third-order valence-electron chi connectivity index (χ3n) is 3.77.